The summed E-state index contributed by atoms with van der Waals surface area (Å²) in [5, 5.41) is 17.2. The van der Waals surface area contributed by atoms with Crippen LogP contribution in [0.5, 0.6) is 5.75 Å². The topological polar surface area (TPSA) is 158 Å². The summed E-state index contributed by atoms with van der Waals surface area (Å²) in [5.41, 5.74) is -0.825. The highest BCUT2D eigenvalue weighted by atomic mass is 35.5. The number of benzene rings is 4. The molecule has 280 valence electrons. The highest BCUT2D eigenvalue weighted by molar-refractivity contribution is 7.91. The number of hydrogen-bond donors (Lipinski definition) is 4. The van der Waals surface area contributed by atoms with Crippen LogP contribution in [-0.2, 0) is 19.4 Å². The van der Waals surface area contributed by atoms with Crippen LogP contribution in [-0.4, -0.2) is 63.1 Å². The number of ether oxygens (including phenoxy) is 1. The van der Waals surface area contributed by atoms with Gasteiger partial charge in [0.1, 0.15) is 5.75 Å². The molecule has 0 saturated heterocycles. The summed E-state index contributed by atoms with van der Waals surface area (Å²) in [6.07, 6.45) is 0.161. The molecule has 0 spiro atoms. The third-order valence-corrected chi connectivity index (χ3v) is 10.5. The van der Waals surface area contributed by atoms with E-state index in [1.165, 1.54) is 31.2 Å². The summed E-state index contributed by atoms with van der Waals surface area (Å²) in [6.45, 7) is 7.71. The number of sulfone groups is 1. The van der Waals surface area contributed by atoms with Crippen molar-refractivity contribution in [1.82, 2.24) is 16.0 Å². The average molecular weight is 802 g/mol. The minimum atomic E-state index is -3.70. The van der Waals surface area contributed by atoms with Gasteiger partial charge in [0.2, 0.25) is 5.91 Å². The molecule has 0 saturated carbocycles. The Morgan fingerprint density at radius 2 is 1.45 bits per heavy atom. The van der Waals surface area contributed by atoms with E-state index in [0.717, 1.165) is 18.1 Å². The van der Waals surface area contributed by atoms with Gasteiger partial charge < -0.3 is 26.0 Å². The first-order chi connectivity index (χ1) is 25.3. The zero-order valence-corrected chi connectivity index (χ0v) is 32.2. The number of anilines is 2. The maximum absolute atomic E-state index is 14.0. The number of carbonyl (C=O) groups excluding carboxylic acids is 3. The molecule has 1 unspecified atom stereocenters. The highest BCUT2D eigenvalue weighted by Gasteiger charge is 2.54. The number of nitrogens with one attached hydrogen (secondary N) is 4. The van der Waals surface area contributed by atoms with E-state index in [9.17, 15) is 22.8 Å². The normalized spacial score (nSPS) is 15.2. The fourth-order valence-corrected chi connectivity index (χ4v) is 7.06. The summed E-state index contributed by atoms with van der Waals surface area (Å²) in [6, 6.07) is 25.9. The predicted octanol–water partition coefficient (Wildman–Crippen LogP) is 6.54. The van der Waals surface area contributed by atoms with Gasteiger partial charge in [0.05, 0.1) is 38.0 Å². The van der Waals surface area contributed by atoms with Crippen molar-refractivity contribution in [2.45, 2.75) is 37.8 Å². The molecule has 0 radical (unpaired) electrons. The van der Waals surface area contributed by atoms with E-state index in [0.29, 0.717) is 17.1 Å². The van der Waals surface area contributed by atoms with Gasteiger partial charge in [-0.1, -0.05) is 85.0 Å². The van der Waals surface area contributed by atoms with Gasteiger partial charge in [-0.05, 0) is 80.2 Å². The Morgan fingerprint density at radius 3 is 2.00 bits per heavy atom. The molecule has 0 aromatic heterocycles. The maximum atomic E-state index is 14.0. The van der Waals surface area contributed by atoms with Gasteiger partial charge in [-0.15, -0.1) is 5.10 Å². The summed E-state index contributed by atoms with van der Waals surface area (Å²) in [7, 11) is -3.70. The second-order valence-electron chi connectivity index (χ2n) is 11.5. The van der Waals surface area contributed by atoms with E-state index in [4.69, 9.17) is 39.5 Å². The van der Waals surface area contributed by atoms with Gasteiger partial charge in [0.15, 0.2) is 15.7 Å². The number of rotatable bonds is 13. The maximum Gasteiger partial charge on any atom is 0.302 e. The molecule has 0 bridgehead atoms. The lowest BCUT2D eigenvalue weighted by atomic mass is 10.1. The monoisotopic (exact) mass is 800 g/mol. The lowest BCUT2D eigenvalue weighted by Crippen LogP contribution is -2.67. The van der Waals surface area contributed by atoms with Crippen molar-refractivity contribution in [2.24, 2.45) is 5.10 Å². The standard InChI is InChI=1S/C33H28Cl3N5O6S.C4H11N/c1-21(42)38-33(39-23-9-4-2-5-10-23)31(40-41(32(33)44)24-11-6-3-7-12-24)37-30(43)22-13-15-25(16-14-22)47-17-8-18-48(45,46)26-19-27(34)29(36)28(35)20-26;1-3-5-4-2/h2-7,9-16,19-20,39H,8,17-18H2,1H3,(H,38,42)(H,37,40,43);5H,3-4H2,1-2H3. The van der Waals surface area contributed by atoms with E-state index in [2.05, 4.69) is 40.2 Å². The second kappa shape index (κ2) is 18.9. The smallest absolute Gasteiger partial charge is 0.302 e. The Morgan fingerprint density at radius 1 is 0.868 bits per heavy atom. The van der Waals surface area contributed by atoms with E-state index < -0.39 is 33.2 Å². The molecule has 5 rings (SSSR count). The molecule has 16 heteroatoms. The quantitative estimate of drug-likeness (QED) is 0.0675. The molecule has 1 heterocycles. The van der Waals surface area contributed by atoms with Crippen molar-refractivity contribution in [1.29, 1.82) is 0 Å². The van der Waals surface area contributed by atoms with Crippen LogP contribution in [0.4, 0.5) is 11.4 Å². The van der Waals surface area contributed by atoms with Gasteiger partial charge in [0.25, 0.3) is 11.6 Å². The lowest BCUT2D eigenvalue weighted by Gasteiger charge is -2.31. The molecule has 1 aliphatic heterocycles. The molecule has 1 atom stereocenters. The number of halogens is 3. The number of hydrogen-bond acceptors (Lipinski definition) is 9. The number of amides is 3. The fraction of sp³-hybridized carbons (Fsp3) is 0.243. The molecular weight excluding hydrogens is 763 g/mol. The largest absolute Gasteiger partial charge is 0.494 e. The minimum absolute atomic E-state index is 0.0384. The van der Waals surface area contributed by atoms with E-state index >= 15 is 0 Å². The molecule has 0 aliphatic carbocycles. The first kappa shape index (κ1) is 41.1. The van der Waals surface area contributed by atoms with Crippen molar-refractivity contribution >= 4 is 79.6 Å². The highest BCUT2D eigenvalue weighted by Crippen LogP contribution is 2.33. The van der Waals surface area contributed by atoms with Crippen molar-refractivity contribution in [2.75, 3.05) is 35.8 Å². The number of nitrogens with zero attached hydrogens (tertiary/aromatic N) is 2. The van der Waals surface area contributed by atoms with Crippen molar-refractivity contribution in [3.63, 3.8) is 0 Å². The number of hydrazone groups is 1. The Kier molecular flexibility index (Phi) is 14.7. The van der Waals surface area contributed by atoms with Gasteiger partial charge >= 0.3 is 5.91 Å². The Labute approximate surface area is 323 Å². The third-order valence-electron chi connectivity index (χ3n) is 7.53. The first-order valence-electron chi connectivity index (χ1n) is 16.5. The Hall–Kier alpha value is -4.66. The molecular formula is C37H39Cl3N6O6S. The van der Waals surface area contributed by atoms with E-state index in [-0.39, 0.29) is 50.1 Å². The molecule has 3 amide bonds. The van der Waals surface area contributed by atoms with Crippen LogP contribution in [0, 0.1) is 0 Å². The molecule has 4 aromatic carbocycles. The van der Waals surface area contributed by atoms with Gasteiger partial charge in [-0.3, -0.25) is 14.4 Å². The Balaban J connectivity index is 0.00000117. The lowest BCUT2D eigenvalue weighted by molar-refractivity contribution is -0.127. The number of amidine groups is 1. The number of para-hydroxylation sites is 2. The SMILES string of the molecule is CC(=O)NC1(Nc2ccccc2)C(=O)N(c2ccccc2)N=C1NC(=O)c1ccc(OCCCS(=O)(=O)c2cc(Cl)c(Cl)c(Cl)c2)cc1.CCNCC. The number of carbonyl (C=O) groups is 3. The van der Waals surface area contributed by atoms with Gasteiger partial charge in [-0.25, -0.2) is 8.42 Å². The van der Waals surface area contributed by atoms with Crippen molar-refractivity contribution in [3.8, 4) is 5.75 Å². The second-order valence-corrected chi connectivity index (χ2v) is 14.8. The molecule has 4 aromatic rings. The van der Waals surface area contributed by atoms with Crippen LogP contribution in [0.15, 0.2) is 107 Å². The molecule has 53 heavy (non-hydrogen) atoms. The minimum Gasteiger partial charge on any atom is -0.494 e. The van der Waals surface area contributed by atoms with Crippen LogP contribution < -0.4 is 31.0 Å². The van der Waals surface area contributed by atoms with Crippen molar-refractivity contribution < 1.29 is 27.5 Å². The van der Waals surface area contributed by atoms with Crippen LogP contribution in [0.2, 0.25) is 15.1 Å². The third kappa shape index (κ3) is 10.7. The predicted molar refractivity (Wildman–Crippen MR) is 210 cm³/mol. The fourth-order valence-electron chi connectivity index (χ4n) is 5.00. The molecule has 1 aliphatic rings. The molecule has 0 fully saturated rings. The summed E-state index contributed by atoms with van der Waals surface area (Å²) >= 11 is 17.9. The van der Waals surface area contributed by atoms with Crippen LogP contribution in [0.25, 0.3) is 0 Å². The van der Waals surface area contributed by atoms with Crippen LogP contribution in [0.1, 0.15) is 37.6 Å². The Bertz CT molecular complexity index is 2010. The molecule has 12 nitrogen and oxygen atoms in total. The summed E-state index contributed by atoms with van der Waals surface area (Å²) < 4.78 is 31.1. The first-order valence-corrected chi connectivity index (χ1v) is 19.3. The van der Waals surface area contributed by atoms with Crippen molar-refractivity contribution in [3.05, 3.63) is 118 Å². The summed E-state index contributed by atoms with van der Waals surface area (Å²) in [5.74, 6) is -1.78. The van der Waals surface area contributed by atoms with E-state index in [1.807, 2.05) is 0 Å². The van der Waals surface area contributed by atoms with Crippen LogP contribution >= 0.6 is 34.8 Å². The zero-order chi connectivity index (χ0) is 38.6. The van der Waals surface area contributed by atoms with Gasteiger partial charge in [-0.2, -0.15) is 5.01 Å². The van der Waals surface area contributed by atoms with E-state index in [1.54, 1.807) is 72.8 Å². The van der Waals surface area contributed by atoms with Gasteiger partial charge in [0, 0.05) is 18.2 Å². The summed E-state index contributed by atoms with van der Waals surface area (Å²) in [4.78, 5) is 39.8. The van der Waals surface area contributed by atoms with Crippen LogP contribution in [0.3, 0.4) is 0 Å². The average Bonchev–Trinajstić information content (AvgIpc) is 3.39. The zero-order valence-electron chi connectivity index (χ0n) is 29.2. The molecule has 4 N–H and O–H groups in total.